The maximum atomic E-state index is 13.0. The lowest BCUT2D eigenvalue weighted by Crippen LogP contribution is -2.49. The summed E-state index contributed by atoms with van der Waals surface area (Å²) in [5.41, 5.74) is 2.41. The molecule has 1 saturated heterocycles. The van der Waals surface area contributed by atoms with Crippen molar-refractivity contribution in [2.75, 3.05) is 36.4 Å². The number of aromatic nitrogens is 2. The Morgan fingerprint density at radius 1 is 0.906 bits per heavy atom. The topological polar surface area (TPSA) is 95.5 Å². The normalized spacial score (nSPS) is 14.9. The third-order valence-electron chi connectivity index (χ3n) is 5.15. The number of carbonyl (C=O) groups excluding carboxylic acids is 1. The third-order valence-corrected chi connectivity index (χ3v) is 7.31. The number of carbonyl (C=O) groups is 1. The Balaban J connectivity index is 1.40. The Bertz CT molecular complexity index is 1190. The van der Waals surface area contributed by atoms with E-state index in [0.29, 0.717) is 42.8 Å². The van der Waals surface area contributed by atoms with E-state index in [9.17, 15) is 13.2 Å². The number of anilines is 2. The van der Waals surface area contributed by atoms with Gasteiger partial charge in [-0.3, -0.25) is 4.79 Å². The number of amides is 1. The molecule has 0 aliphatic carbocycles. The summed E-state index contributed by atoms with van der Waals surface area (Å²) in [7, 11) is -3.62. The molecular weight excluding hydrogens is 450 g/mol. The predicted octanol–water partition coefficient (Wildman–Crippen LogP) is 3.27. The average molecular weight is 472 g/mol. The molecule has 1 aromatic heterocycles. The first kappa shape index (κ1) is 22.2. The number of hydrogen-bond acceptors (Lipinski definition) is 6. The second kappa shape index (κ2) is 9.23. The van der Waals surface area contributed by atoms with Crippen molar-refractivity contribution in [2.45, 2.75) is 11.8 Å². The van der Waals surface area contributed by atoms with Crippen molar-refractivity contribution in [3.05, 3.63) is 65.9 Å². The summed E-state index contributed by atoms with van der Waals surface area (Å²) in [6, 6.07) is 13.6. The minimum Gasteiger partial charge on any atom is -0.338 e. The van der Waals surface area contributed by atoms with Gasteiger partial charge >= 0.3 is 0 Å². The first-order chi connectivity index (χ1) is 15.3. The molecule has 0 unspecified atom stereocenters. The molecule has 1 amide bonds. The van der Waals surface area contributed by atoms with Gasteiger partial charge in [0.15, 0.2) is 0 Å². The van der Waals surface area contributed by atoms with Crippen molar-refractivity contribution in [3.8, 4) is 11.1 Å². The molecule has 166 valence electrons. The van der Waals surface area contributed by atoms with Gasteiger partial charge in [-0.15, -0.1) is 0 Å². The van der Waals surface area contributed by atoms with E-state index >= 15 is 0 Å². The van der Waals surface area contributed by atoms with Crippen molar-refractivity contribution < 1.29 is 13.2 Å². The summed E-state index contributed by atoms with van der Waals surface area (Å²) < 4.78 is 27.4. The van der Waals surface area contributed by atoms with E-state index in [2.05, 4.69) is 15.3 Å². The molecule has 1 fully saturated rings. The number of nitrogens with zero attached hydrogens (tertiary/aromatic N) is 4. The van der Waals surface area contributed by atoms with Crippen LogP contribution in [-0.4, -0.2) is 54.8 Å². The number of nitrogens with one attached hydrogen (secondary N) is 1. The molecule has 4 rings (SSSR count). The monoisotopic (exact) mass is 471 g/mol. The standard InChI is InChI=1S/C22H22ClN5O3S/c1-16(29)26-20-6-8-21(9-7-20)32(30,31)28-12-10-27(11-13-28)22-24-14-18(15-25-22)17-2-4-19(23)5-3-17/h2-9,14-15H,10-13H2,1H3,(H,26,29). The minimum absolute atomic E-state index is 0.198. The summed E-state index contributed by atoms with van der Waals surface area (Å²) in [6.07, 6.45) is 3.51. The fourth-order valence-corrected chi connectivity index (χ4v) is 5.02. The van der Waals surface area contributed by atoms with Crippen LogP contribution in [0.15, 0.2) is 65.8 Å². The summed E-state index contributed by atoms with van der Waals surface area (Å²) in [5, 5.41) is 3.30. The minimum atomic E-state index is -3.62. The molecule has 10 heteroatoms. The van der Waals surface area contributed by atoms with E-state index in [4.69, 9.17) is 11.6 Å². The van der Waals surface area contributed by atoms with Gasteiger partial charge in [-0.2, -0.15) is 4.31 Å². The van der Waals surface area contributed by atoms with Crippen molar-refractivity contribution in [1.82, 2.24) is 14.3 Å². The first-order valence-electron chi connectivity index (χ1n) is 10.0. The number of halogens is 1. The number of hydrogen-bond donors (Lipinski definition) is 1. The highest BCUT2D eigenvalue weighted by Gasteiger charge is 2.29. The van der Waals surface area contributed by atoms with Gasteiger partial charge in [-0.05, 0) is 42.0 Å². The molecule has 0 bridgehead atoms. The fourth-order valence-electron chi connectivity index (χ4n) is 3.47. The lowest BCUT2D eigenvalue weighted by molar-refractivity contribution is -0.114. The number of sulfonamides is 1. The summed E-state index contributed by atoms with van der Waals surface area (Å²) >= 11 is 5.93. The second-order valence-corrected chi connectivity index (χ2v) is 9.75. The number of rotatable bonds is 5. The fraction of sp³-hybridized carbons (Fsp3) is 0.227. The van der Waals surface area contributed by atoms with Gasteiger partial charge in [0.1, 0.15) is 0 Å². The molecule has 8 nitrogen and oxygen atoms in total. The highest BCUT2D eigenvalue weighted by molar-refractivity contribution is 7.89. The zero-order valence-corrected chi connectivity index (χ0v) is 19.0. The van der Waals surface area contributed by atoms with Gasteiger partial charge in [0.25, 0.3) is 0 Å². The van der Waals surface area contributed by atoms with Gasteiger partial charge in [0.05, 0.1) is 4.90 Å². The van der Waals surface area contributed by atoms with Gasteiger partial charge in [0.2, 0.25) is 21.9 Å². The average Bonchev–Trinajstić information content (AvgIpc) is 2.80. The van der Waals surface area contributed by atoms with Crippen molar-refractivity contribution >= 4 is 39.2 Å². The van der Waals surface area contributed by atoms with Crippen LogP contribution in [0.25, 0.3) is 11.1 Å². The molecule has 0 saturated carbocycles. The van der Waals surface area contributed by atoms with Crippen LogP contribution in [0.2, 0.25) is 5.02 Å². The highest BCUT2D eigenvalue weighted by Crippen LogP contribution is 2.23. The number of piperazine rings is 1. The van der Waals surface area contributed by atoms with Crippen molar-refractivity contribution in [2.24, 2.45) is 0 Å². The van der Waals surface area contributed by atoms with E-state index in [0.717, 1.165) is 11.1 Å². The maximum absolute atomic E-state index is 13.0. The second-order valence-electron chi connectivity index (χ2n) is 7.38. The lowest BCUT2D eigenvalue weighted by atomic mass is 10.1. The zero-order valence-electron chi connectivity index (χ0n) is 17.4. The SMILES string of the molecule is CC(=O)Nc1ccc(S(=O)(=O)N2CCN(c3ncc(-c4ccc(Cl)cc4)cn3)CC2)cc1. The molecule has 32 heavy (non-hydrogen) atoms. The molecule has 3 aromatic rings. The summed E-state index contributed by atoms with van der Waals surface area (Å²) in [4.78, 5) is 22.2. The molecule has 2 aromatic carbocycles. The van der Waals surface area contributed by atoms with Crippen LogP contribution in [0.1, 0.15) is 6.92 Å². The molecule has 0 radical (unpaired) electrons. The molecular formula is C22H22ClN5O3S. The Morgan fingerprint density at radius 2 is 1.50 bits per heavy atom. The van der Waals surface area contributed by atoms with E-state index in [-0.39, 0.29) is 10.8 Å². The van der Waals surface area contributed by atoms with Crippen LogP contribution in [-0.2, 0) is 14.8 Å². The molecule has 1 aliphatic rings. The predicted molar refractivity (Wildman–Crippen MR) is 124 cm³/mol. The quantitative estimate of drug-likeness (QED) is 0.613. The largest absolute Gasteiger partial charge is 0.338 e. The molecule has 0 spiro atoms. The molecule has 0 atom stereocenters. The van der Waals surface area contributed by atoms with Crippen LogP contribution in [0, 0.1) is 0 Å². The van der Waals surface area contributed by atoms with E-state index < -0.39 is 10.0 Å². The Kier molecular flexibility index (Phi) is 6.40. The van der Waals surface area contributed by atoms with Crippen LogP contribution in [0.3, 0.4) is 0 Å². The Labute approximate surface area is 191 Å². The Morgan fingerprint density at radius 3 is 2.06 bits per heavy atom. The van der Waals surface area contributed by atoms with Crippen LogP contribution in [0.5, 0.6) is 0 Å². The van der Waals surface area contributed by atoms with Crippen LogP contribution >= 0.6 is 11.6 Å². The highest BCUT2D eigenvalue weighted by atomic mass is 35.5. The Hall–Kier alpha value is -3.01. The van der Waals surface area contributed by atoms with Crippen LogP contribution < -0.4 is 10.2 Å². The van der Waals surface area contributed by atoms with Gasteiger partial charge in [-0.25, -0.2) is 18.4 Å². The van der Waals surface area contributed by atoms with E-state index in [1.807, 2.05) is 29.2 Å². The lowest BCUT2D eigenvalue weighted by Gasteiger charge is -2.34. The molecule has 1 N–H and O–H groups in total. The van der Waals surface area contributed by atoms with Crippen LogP contribution in [0.4, 0.5) is 11.6 Å². The third kappa shape index (κ3) is 4.90. The maximum Gasteiger partial charge on any atom is 0.243 e. The smallest absolute Gasteiger partial charge is 0.243 e. The van der Waals surface area contributed by atoms with E-state index in [1.54, 1.807) is 24.5 Å². The number of benzene rings is 2. The molecule has 1 aliphatic heterocycles. The van der Waals surface area contributed by atoms with Gasteiger partial charge in [0, 0.05) is 61.8 Å². The molecule has 2 heterocycles. The van der Waals surface area contributed by atoms with E-state index in [1.165, 1.54) is 23.4 Å². The van der Waals surface area contributed by atoms with Crippen molar-refractivity contribution in [3.63, 3.8) is 0 Å². The first-order valence-corrected chi connectivity index (χ1v) is 11.9. The summed E-state index contributed by atoms with van der Waals surface area (Å²) in [5.74, 6) is 0.361. The van der Waals surface area contributed by atoms with Crippen molar-refractivity contribution in [1.29, 1.82) is 0 Å². The summed E-state index contributed by atoms with van der Waals surface area (Å²) in [6.45, 7) is 3.04. The van der Waals surface area contributed by atoms with Gasteiger partial charge in [-0.1, -0.05) is 23.7 Å². The zero-order chi connectivity index (χ0) is 22.7. The van der Waals surface area contributed by atoms with Gasteiger partial charge < -0.3 is 10.2 Å².